The van der Waals surface area contributed by atoms with Gasteiger partial charge in [0.15, 0.2) is 0 Å². The van der Waals surface area contributed by atoms with Crippen LogP contribution in [0.15, 0.2) is 0 Å². The molecule has 2 N–H and O–H groups in total. The Morgan fingerprint density at radius 3 is 2.55 bits per heavy atom. The van der Waals surface area contributed by atoms with Crippen molar-refractivity contribution in [1.82, 2.24) is 5.32 Å². The van der Waals surface area contributed by atoms with Crippen LogP contribution in [0.5, 0.6) is 0 Å². The number of hydrogen-bond acceptors (Lipinski definition) is 3. The third-order valence-electron chi connectivity index (χ3n) is 4.45. The van der Waals surface area contributed by atoms with Crippen LogP contribution in [0, 0.1) is 17.8 Å². The monoisotopic (exact) mass is 285 g/mol. The van der Waals surface area contributed by atoms with E-state index in [9.17, 15) is 5.11 Å². The maximum absolute atomic E-state index is 9.94. The molecule has 1 rings (SSSR count). The number of nitrogens with one attached hydrogen (secondary N) is 1. The molecule has 1 aliphatic rings. The topological polar surface area (TPSA) is 41.5 Å². The molecule has 1 saturated carbocycles. The molecule has 20 heavy (non-hydrogen) atoms. The molecule has 4 unspecified atom stereocenters. The van der Waals surface area contributed by atoms with Gasteiger partial charge < -0.3 is 15.2 Å². The molecule has 0 heterocycles. The SMILES string of the molecule is CC(C)CC(C)OCC(O)CNCC1CCCCC1C. The maximum Gasteiger partial charge on any atom is 0.0897 e. The zero-order valence-electron chi connectivity index (χ0n) is 13.9. The molecule has 0 aliphatic heterocycles. The standard InChI is InChI=1S/C17H35NO2/c1-13(2)9-15(4)20-12-17(19)11-18-10-16-8-6-5-7-14(16)3/h13-19H,5-12H2,1-4H3. The van der Waals surface area contributed by atoms with Crippen LogP contribution >= 0.6 is 0 Å². The van der Waals surface area contributed by atoms with Gasteiger partial charge in [0, 0.05) is 6.54 Å². The highest BCUT2D eigenvalue weighted by atomic mass is 16.5. The van der Waals surface area contributed by atoms with Crippen LogP contribution in [-0.4, -0.2) is 37.0 Å². The van der Waals surface area contributed by atoms with Crippen molar-refractivity contribution < 1.29 is 9.84 Å². The minimum Gasteiger partial charge on any atom is -0.389 e. The van der Waals surface area contributed by atoms with Crippen molar-refractivity contribution in [2.24, 2.45) is 17.8 Å². The van der Waals surface area contributed by atoms with Gasteiger partial charge in [-0.2, -0.15) is 0 Å². The van der Waals surface area contributed by atoms with E-state index in [2.05, 4.69) is 33.0 Å². The van der Waals surface area contributed by atoms with Crippen LogP contribution in [0.4, 0.5) is 0 Å². The highest BCUT2D eigenvalue weighted by molar-refractivity contribution is 4.74. The lowest BCUT2D eigenvalue weighted by molar-refractivity contribution is -0.00895. The summed E-state index contributed by atoms with van der Waals surface area (Å²) in [5, 5.41) is 13.4. The largest absolute Gasteiger partial charge is 0.389 e. The predicted octanol–water partition coefficient (Wildman–Crippen LogP) is 3.21. The smallest absolute Gasteiger partial charge is 0.0897 e. The van der Waals surface area contributed by atoms with E-state index in [0.29, 0.717) is 19.1 Å². The summed E-state index contributed by atoms with van der Waals surface area (Å²) in [6.07, 6.45) is 6.37. The molecule has 1 aliphatic carbocycles. The second-order valence-corrected chi connectivity index (χ2v) is 7.11. The van der Waals surface area contributed by atoms with Crippen molar-refractivity contribution in [3.8, 4) is 0 Å². The summed E-state index contributed by atoms with van der Waals surface area (Å²) in [5.41, 5.74) is 0. The summed E-state index contributed by atoms with van der Waals surface area (Å²) in [7, 11) is 0. The minimum atomic E-state index is -0.386. The van der Waals surface area contributed by atoms with Crippen LogP contribution in [0.1, 0.15) is 59.8 Å². The molecule has 0 spiro atoms. The highest BCUT2D eigenvalue weighted by Gasteiger charge is 2.21. The van der Waals surface area contributed by atoms with Gasteiger partial charge >= 0.3 is 0 Å². The first-order valence-electron chi connectivity index (χ1n) is 8.49. The van der Waals surface area contributed by atoms with E-state index in [-0.39, 0.29) is 12.2 Å². The summed E-state index contributed by atoms with van der Waals surface area (Å²) in [6, 6.07) is 0. The molecule has 3 heteroatoms. The third kappa shape index (κ3) is 7.61. The van der Waals surface area contributed by atoms with E-state index in [4.69, 9.17) is 4.74 Å². The Bertz CT molecular complexity index is 245. The fourth-order valence-corrected chi connectivity index (χ4v) is 3.20. The predicted molar refractivity (Wildman–Crippen MR) is 84.9 cm³/mol. The third-order valence-corrected chi connectivity index (χ3v) is 4.45. The molecule has 0 aromatic heterocycles. The van der Waals surface area contributed by atoms with E-state index in [1.807, 2.05) is 0 Å². The quantitative estimate of drug-likeness (QED) is 0.683. The Morgan fingerprint density at radius 1 is 1.20 bits per heavy atom. The van der Waals surface area contributed by atoms with E-state index in [1.54, 1.807) is 0 Å². The van der Waals surface area contributed by atoms with Crippen LogP contribution in [0.2, 0.25) is 0 Å². The van der Waals surface area contributed by atoms with Gasteiger partial charge in [0.1, 0.15) is 0 Å². The summed E-state index contributed by atoms with van der Waals surface area (Å²) < 4.78 is 5.69. The second kappa shape index (κ2) is 9.75. The Balaban J connectivity index is 2.06. The number of ether oxygens (including phenoxy) is 1. The van der Waals surface area contributed by atoms with E-state index < -0.39 is 0 Å². The molecule has 0 aromatic rings. The lowest BCUT2D eigenvalue weighted by atomic mass is 9.80. The van der Waals surface area contributed by atoms with Crippen molar-refractivity contribution >= 4 is 0 Å². The number of rotatable bonds is 9. The summed E-state index contributed by atoms with van der Waals surface area (Å²) in [4.78, 5) is 0. The van der Waals surface area contributed by atoms with Crippen LogP contribution in [0.25, 0.3) is 0 Å². The van der Waals surface area contributed by atoms with Gasteiger partial charge in [0.05, 0.1) is 18.8 Å². The van der Waals surface area contributed by atoms with Crippen LogP contribution in [-0.2, 0) is 4.74 Å². The molecule has 1 fully saturated rings. The number of aliphatic hydroxyl groups excluding tert-OH is 1. The van der Waals surface area contributed by atoms with Gasteiger partial charge in [-0.3, -0.25) is 0 Å². The Labute approximate surface area is 125 Å². The van der Waals surface area contributed by atoms with Crippen molar-refractivity contribution in [2.75, 3.05) is 19.7 Å². The van der Waals surface area contributed by atoms with Gasteiger partial charge in [0.25, 0.3) is 0 Å². The lowest BCUT2D eigenvalue weighted by Gasteiger charge is -2.29. The average Bonchev–Trinajstić information content (AvgIpc) is 2.38. The molecule has 0 bridgehead atoms. The molecular formula is C17H35NO2. The van der Waals surface area contributed by atoms with Crippen molar-refractivity contribution in [2.45, 2.75) is 72.0 Å². The number of aliphatic hydroxyl groups is 1. The van der Waals surface area contributed by atoms with Gasteiger partial charge in [-0.15, -0.1) is 0 Å². The molecule has 4 atom stereocenters. The molecule has 120 valence electrons. The normalized spacial score (nSPS) is 26.7. The Morgan fingerprint density at radius 2 is 1.90 bits per heavy atom. The van der Waals surface area contributed by atoms with Crippen LogP contribution in [0.3, 0.4) is 0 Å². The molecule has 0 amide bonds. The zero-order valence-corrected chi connectivity index (χ0v) is 13.9. The fourth-order valence-electron chi connectivity index (χ4n) is 3.20. The van der Waals surface area contributed by atoms with E-state index in [1.165, 1.54) is 25.7 Å². The molecule has 0 radical (unpaired) electrons. The molecule has 0 saturated heterocycles. The van der Waals surface area contributed by atoms with Crippen molar-refractivity contribution in [3.05, 3.63) is 0 Å². The van der Waals surface area contributed by atoms with Gasteiger partial charge in [0.2, 0.25) is 0 Å². The number of hydrogen-bond donors (Lipinski definition) is 2. The first-order valence-corrected chi connectivity index (χ1v) is 8.49. The average molecular weight is 285 g/mol. The first kappa shape index (κ1) is 17.9. The molecular weight excluding hydrogens is 250 g/mol. The molecule has 3 nitrogen and oxygen atoms in total. The maximum atomic E-state index is 9.94. The van der Waals surface area contributed by atoms with Crippen molar-refractivity contribution in [1.29, 1.82) is 0 Å². The summed E-state index contributed by atoms with van der Waals surface area (Å²) in [6.45, 7) is 11.0. The first-order chi connectivity index (χ1) is 9.49. The van der Waals surface area contributed by atoms with Crippen molar-refractivity contribution in [3.63, 3.8) is 0 Å². The minimum absolute atomic E-state index is 0.239. The summed E-state index contributed by atoms with van der Waals surface area (Å²) >= 11 is 0. The Kier molecular flexibility index (Phi) is 8.74. The zero-order chi connectivity index (χ0) is 15.0. The van der Waals surface area contributed by atoms with E-state index >= 15 is 0 Å². The van der Waals surface area contributed by atoms with Gasteiger partial charge in [-0.25, -0.2) is 0 Å². The summed E-state index contributed by atoms with van der Waals surface area (Å²) in [5.74, 6) is 2.26. The fraction of sp³-hybridized carbons (Fsp3) is 1.00. The van der Waals surface area contributed by atoms with Crippen LogP contribution < -0.4 is 5.32 Å². The van der Waals surface area contributed by atoms with E-state index in [0.717, 1.165) is 24.8 Å². The lowest BCUT2D eigenvalue weighted by Crippen LogP contribution is -2.36. The second-order valence-electron chi connectivity index (χ2n) is 7.11. The van der Waals surface area contributed by atoms with Gasteiger partial charge in [-0.05, 0) is 44.1 Å². The Hall–Kier alpha value is -0.120. The van der Waals surface area contributed by atoms with Gasteiger partial charge in [-0.1, -0.05) is 40.0 Å². The highest BCUT2D eigenvalue weighted by Crippen LogP contribution is 2.28. The molecule has 0 aromatic carbocycles.